The third kappa shape index (κ3) is 7.24. The van der Waals surface area contributed by atoms with Crippen molar-refractivity contribution in [3.05, 3.63) is 59.7 Å². The maximum Gasteiger partial charge on any atom is 0.240 e. The highest BCUT2D eigenvalue weighted by Crippen LogP contribution is 2.24. The molecule has 2 aromatic carbocycles. The maximum atomic E-state index is 11.8. The predicted molar refractivity (Wildman–Crippen MR) is 129 cm³/mol. The van der Waals surface area contributed by atoms with E-state index in [2.05, 4.69) is 79.0 Å². The Morgan fingerprint density at radius 3 is 1.75 bits per heavy atom. The monoisotopic (exact) mass is 457 g/mol. The fourth-order valence-corrected chi connectivity index (χ4v) is 3.99. The first kappa shape index (κ1) is 25.7. The predicted octanol–water partition coefficient (Wildman–Crippen LogP) is 4.84. The van der Waals surface area contributed by atoms with Crippen molar-refractivity contribution in [3.63, 3.8) is 0 Å². The van der Waals surface area contributed by atoms with Gasteiger partial charge in [-0.15, -0.1) is 10.2 Å². The summed E-state index contributed by atoms with van der Waals surface area (Å²) in [6.07, 6.45) is 0.791. The zero-order valence-electron chi connectivity index (χ0n) is 20.1. The van der Waals surface area contributed by atoms with Crippen LogP contribution in [0.15, 0.2) is 53.4 Å². The number of aromatic nitrogens is 4. The largest absolute Gasteiger partial charge is 0.240 e. The minimum Gasteiger partial charge on any atom is -0.211 e. The normalized spacial score (nSPS) is 12.2. The number of rotatable bonds is 5. The van der Waals surface area contributed by atoms with Gasteiger partial charge in [0.2, 0.25) is 15.8 Å². The topological polar surface area (TPSA) is 101 Å². The third-order valence-electron chi connectivity index (χ3n) is 4.93. The van der Waals surface area contributed by atoms with Crippen LogP contribution in [0.2, 0.25) is 0 Å². The Labute approximate surface area is 192 Å². The van der Waals surface area contributed by atoms with Crippen LogP contribution in [0.4, 0.5) is 0 Å². The van der Waals surface area contributed by atoms with Gasteiger partial charge in [-0.2, -0.15) is 5.21 Å². The molecule has 3 rings (SSSR count). The lowest BCUT2D eigenvalue weighted by Gasteiger charge is -2.19. The Bertz CT molecular complexity index is 1060. The van der Waals surface area contributed by atoms with Crippen molar-refractivity contribution in [2.24, 2.45) is 0 Å². The van der Waals surface area contributed by atoms with Crippen LogP contribution < -0.4 is 4.72 Å². The van der Waals surface area contributed by atoms with Gasteiger partial charge in [0.15, 0.2) is 0 Å². The zero-order chi connectivity index (χ0) is 24.0. The number of sulfonamides is 1. The van der Waals surface area contributed by atoms with E-state index >= 15 is 0 Å². The molecule has 1 heterocycles. The summed E-state index contributed by atoms with van der Waals surface area (Å²) in [6, 6.07) is 15.3. The molecule has 0 fully saturated rings. The first-order chi connectivity index (χ1) is 14.8. The van der Waals surface area contributed by atoms with Gasteiger partial charge in [0.05, 0.1) is 4.90 Å². The van der Waals surface area contributed by atoms with E-state index < -0.39 is 10.0 Å². The second kappa shape index (κ2) is 10.4. The summed E-state index contributed by atoms with van der Waals surface area (Å²) in [5.74, 6) is 0.635. The molecule has 0 amide bonds. The fraction of sp³-hybridized carbons (Fsp3) is 0.458. The Hall–Kier alpha value is -2.58. The number of hydrogen-bond acceptors (Lipinski definition) is 5. The highest BCUT2D eigenvalue weighted by atomic mass is 32.2. The lowest BCUT2D eigenvalue weighted by molar-refractivity contribution is 0.578. The molecule has 174 valence electrons. The average Bonchev–Trinajstić information content (AvgIpc) is 3.27. The summed E-state index contributed by atoms with van der Waals surface area (Å²) >= 11 is 0. The number of H-pyrrole nitrogens is 1. The van der Waals surface area contributed by atoms with Crippen LogP contribution in [0.25, 0.3) is 11.4 Å². The maximum absolute atomic E-state index is 11.8. The molecule has 8 heteroatoms. The van der Waals surface area contributed by atoms with Gasteiger partial charge in [-0.3, -0.25) is 0 Å². The molecule has 1 aromatic heterocycles. The van der Waals surface area contributed by atoms with Gasteiger partial charge in [-0.1, -0.05) is 84.9 Å². The van der Waals surface area contributed by atoms with E-state index in [9.17, 15) is 8.42 Å². The molecular weight excluding hydrogens is 422 g/mol. The van der Waals surface area contributed by atoms with E-state index in [1.54, 1.807) is 12.1 Å². The van der Waals surface area contributed by atoms with E-state index in [-0.39, 0.29) is 10.8 Å². The fourth-order valence-electron chi connectivity index (χ4n) is 2.86. The number of nitrogens with zero attached hydrogens (tertiary/aromatic N) is 3. The number of aromatic amines is 1. The summed E-state index contributed by atoms with van der Waals surface area (Å²) in [6.45, 7) is 15.3. The number of tetrazole rings is 1. The standard InChI is InChI=1S/C13H21NO2S.C11H14N4/c1-5-10-14-17(15,16)12-8-6-11(7-9-12)13(2,3)4;1-11(2,3)9-6-4-8(5-7-9)10-12-14-15-13-10/h6-9,14H,5,10H2,1-4H3;4-7H,1-3H3,(H,12,13,14,15). The van der Waals surface area contributed by atoms with Gasteiger partial charge in [-0.25, -0.2) is 13.1 Å². The second-order valence-electron chi connectivity index (χ2n) is 9.73. The van der Waals surface area contributed by atoms with E-state index in [1.807, 2.05) is 31.2 Å². The van der Waals surface area contributed by atoms with Crippen LogP contribution >= 0.6 is 0 Å². The molecule has 7 nitrogen and oxygen atoms in total. The highest BCUT2D eigenvalue weighted by molar-refractivity contribution is 7.89. The number of benzene rings is 2. The average molecular weight is 458 g/mol. The van der Waals surface area contributed by atoms with Gasteiger partial charge < -0.3 is 0 Å². The van der Waals surface area contributed by atoms with Crippen molar-refractivity contribution in [1.29, 1.82) is 0 Å². The van der Waals surface area contributed by atoms with Crippen molar-refractivity contribution in [1.82, 2.24) is 25.3 Å². The van der Waals surface area contributed by atoms with E-state index in [0.717, 1.165) is 17.5 Å². The Balaban J connectivity index is 0.000000228. The van der Waals surface area contributed by atoms with Crippen molar-refractivity contribution < 1.29 is 8.42 Å². The molecule has 3 aromatic rings. The molecule has 0 unspecified atom stereocenters. The van der Waals surface area contributed by atoms with Crippen molar-refractivity contribution >= 4 is 10.0 Å². The molecule has 0 aliphatic heterocycles. The van der Waals surface area contributed by atoms with Crippen molar-refractivity contribution in [2.45, 2.75) is 70.6 Å². The summed E-state index contributed by atoms with van der Waals surface area (Å²) in [4.78, 5) is 0.332. The van der Waals surface area contributed by atoms with Crippen LogP contribution in [0.1, 0.15) is 66.0 Å². The summed E-state index contributed by atoms with van der Waals surface area (Å²) in [5.41, 5.74) is 3.63. The molecule has 0 aliphatic rings. The summed E-state index contributed by atoms with van der Waals surface area (Å²) in [5, 5.41) is 13.8. The Morgan fingerprint density at radius 1 is 0.844 bits per heavy atom. The van der Waals surface area contributed by atoms with E-state index in [4.69, 9.17) is 0 Å². The van der Waals surface area contributed by atoms with Crippen LogP contribution in [0.3, 0.4) is 0 Å². The zero-order valence-corrected chi connectivity index (χ0v) is 20.9. The van der Waals surface area contributed by atoms with Gasteiger partial charge in [-0.05, 0) is 45.7 Å². The van der Waals surface area contributed by atoms with Gasteiger partial charge in [0.25, 0.3) is 0 Å². The first-order valence-electron chi connectivity index (χ1n) is 10.8. The third-order valence-corrected chi connectivity index (χ3v) is 6.40. The smallest absolute Gasteiger partial charge is 0.211 e. The molecule has 0 aliphatic carbocycles. The lowest BCUT2D eigenvalue weighted by atomic mass is 9.87. The molecule has 0 radical (unpaired) electrons. The van der Waals surface area contributed by atoms with E-state index in [1.165, 1.54) is 5.56 Å². The molecular formula is C24H35N5O2S. The van der Waals surface area contributed by atoms with Crippen molar-refractivity contribution in [2.75, 3.05) is 6.54 Å². The first-order valence-corrected chi connectivity index (χ1v) is 12.3. The summed E-state index contributed by atoms with van der Waals surface area (Å²) < 4.78 is 26.2. The van der Waals surface area contributed by atoms with Crippen LogP contribution in [0.5, 0.6) is 0 Å². The molecule has 32 heavy (non-hydrogen) atoms. The van der Waals surface area contributed by atoms with Crippen molar-refractivity contribution in [3.8, 4) is 11.4 Å². The second-order valence-corrected chi connectivity index (χ2v) is 11.5. The van der Waals surface area contributed by atoms with Crippen LogP contribution in [0, 0.1) is 0 Å². The molecule has 0 spiro atoms. The molecule has 0 bridgehead atoms. The Kier molecular flexibility index (Phi) is 8.31. The number of nitrogens with one attached hydrogen (secondary N) is 2. The lowest BCUT2D eigenvalue weighted by Crippen LogP contribution is -2.24. The minimum absolute atomic E-state index is 0.0408. The SMILES string of the molecule is CC(C)(C)c1ccc(-c2nn[nH]n2)cc1.CCCNS(=O)(=O)c1ccc(C(C)(C)C)cc1. The molecule has 2 N–H and O–H groups in total. The Morgan fingerprint density at radius 2 is 1.34 bits per heavy atom. The highest BCUT2D eigenvalue weighted by Gasteiger charge is 2.17. The van der Waals surface area contributed by atoms with Crippen LogP contribution in [-0.4, -0.2) is 35.6 Å². The quantitative estimate of drug-likeness (QED) is 0.571. The minimum atomic E-state index is -3.33. The van der Waals surface area contributed by atoms with Crippen LogP contribution in [-0.2, 0) is 20.9 Å². The molecule has 0 atom stereocenters. The molecule has 0 saturated heterocycles. The van der Waals surface area contributed by atoms with Gasteiger partial charge in [0.1, 0.15) is 0 Å². The summed E-state index contributed by atoms with van der Waals surface area (Å²) in [7, 11) is -3.33. The van der Waals surface area contributed by atoms with Gasteiger partial charge >= 0.3 is 0 Å². The van der Waals surface area contributed by atoms with Gasteiger partial charge in [0, 0.05) is 12.1 Å². The van der Waals surface area contributed by atoms with E-state index in [0.29, 0.717) is 17.3 Å². The molecule has 0 saturated carbocycles. The number of hydrogen-bond donors (Lipinski definition) is 2.